The Kier molecular flexibility index (Phi) is 36.6. The molecule has 722 valence electrons. The number of carbonyl (C=O) groups is 4. The van der Waals surface area contributed by atoms with E-state index in [0.29, 0.717) is 173 Å². The first-order valence-corrected chi connectivity index (χ1v) is 44.9. The van der Waals surface area contributed by atoms with Crippen molar-refractivity contribution >= 4 is 215 Å². The van der Waals surface area contributed by atoms with Gasteiger partial charge in [-0.2, -0.15) is 0 Å². The monoisotopic (exact) mass is 2020 g/mol. The molecule has 0 saturated heterocycles. The van der Waals surface area contributed by atoms with E-state index >= 15 is 0 Å². The summed E-state index contributed by atoms with van der Waals surface area (Å²) in [5.41, 5.74) is 10.00. The number of aliphatic hydroxyl groups is 2. The first-order valence-electron chi connectivity index (χ1n) is 43.0. The molecule has 0 unspecified atom stereocenters. The number of hydrogen-bond donors (Lipinski definition) is 10. The number of rotatable bonds is 36. The second-order valence-electron chi connectivity index (χ2n) is 30.0. The number of pyridine rings is 8. The first kappa shape index (κ1) is 103. The minimum atomic E-state index is -0.479. The molecule has 144 heavy (non-hydrogen) atoms. The van der Waals surface area contributed by atoms with Crippen LogP contribution < -0.4 is 56.7 Å². The van der Waals surface area contributed by atoms with Crippen molar-refractivity contribution in [3.05, 3.63) is 446 Å². The molecule has 0 aliphatic carbocycles. The molecule has 0 saturated carbocycles. The van der Waals surface area contributed by atoms with Crippen LogP contribution >= 0.6 is 58.0 Å². The third-order valence-corrected chi connectivity index (χ3v) is 22.2. The molecule has 16 rings (SSSR count). The van der Waals surface area contributed by atoms with Gasteiger partial charge in [0.1, 0.15) is 52.3 Å². The number of nitro benzene ring substituents is 3. The maximum absolute atomic E-state index is 13.2. The Morgan fingerprint density at radius 2 is 0.618 bits per heavy atom. The summed E-state index contributed by atoms with van der Waals surface area (Å²) >= 11 is 30.6. The van der Waals surface area contributed by atoms with Crippen LogP contribution in [0.3, 0.4) is 0 Å². The largest absolute Gasteiger partial charge is 0.496 e. The van der Waals surface area contributed by atoms with Gasteiger partial charge in [-0.15, -0.1) is 0 Å². The molecule has 39 heteroatoms. The lowest BCUT2D eigenvalue weighted by molar-refractivity contribution is -0.385. The Hall–Kier alpha value is -18.0. The van der Waals surface area contributed by atoms with Crippen molar-refractivity contribution in [2.75, 3.05) is 63.9 Å². The van der Waals surface area contributed by atoms with Gasteiger partial charge in [-0.3, -0.25) is 49.5 Å². The lowest BCUT2D eigenvalue weighted by atomic mass is 10.1. The number of aliphatic hydroxyl groups excluding tert-OH is 2. The van der Waals surface area contributed by atoms with Crippen LogP contribution in [0.1, 0.15) is 74.8 Å². The van der Waals surface area contributed by atoms with Gasteiger partial charge in [0.25, 0.3) is 17.1 Å². The smallest absolute Gasteiger partial charge is 0.269 e. The number of non-ortho nitro benzene ring substituents is 3. The zero-order valence-corrected chi connectivity index (χ0v) is 79.8. The molecule has 0 amide bonds. The lowest BCUT2D eigenvalue weighted by Gasteiger charge is -2.15. The average Bonchev–Trinajstić information content (AvgIpc) is 0.814. The fourth-order valence-corrected chi connectivity index (χ4v) is 14.4. The van der Waals surface area contributed by atoms with Gasteiger partial charge in [-0.05, 0) is 260 Å². The summed E-state index contributed by atoms with van der Waals surface area (Å²) < 4.78 is 16.0. The predicted octanol–water partition coefficient (Wildman–Crippen LogP) is 25.4. The van der Waals surface area contributed by atoms with Crippen molar-refractivity contribution < 1.29 is 58.4 Å². The van der Waals surface area contributed by atoms with Crippen molar-refractivity contribution in [1.82, 2.24) is 39.9 Å². The Morgan fingerprint density at radius 1 is 0.306 bits per heavy atom. The molecule has 0 bridgehead atoms. The van der Waals surface area contributed by atoms with Gasteiger partial charge in [0.2, 0.25) is 0 Å². The summed E-state index contributed by atoms with van der Waals surface area (Å²) in [6, 6.07) is 71.4. The Balaban J connectivity index is 0.000000161. The molecule has 0 spiro atoms. The topological polar surface area (TPSA) is 465 Å². The third-order valence-electron chi connectivity index (χ3n) is 20.6. The van der Waals surface area contributed by atoms with E-state index in [0.717, 1.165) is 16.9 Å². The number of benzene rings is 8. The number of ether oxygens (including phenoxy) is 3. The van der Waals surface area contributed by atoms with Crippen molar-refractivity contribution in [3.8, 4) is 17.2 Å². The number of halogens is 5. The molecule has 34 nitrogen and oxygen atoms in total. The highest BCUT2D eigenvalue weighted by molar-refractivity contribution is 6.44. The number of ketones is 4. The maximum atomic E-state index is 13.2. The molecule has 8 heterocycles. The number of anilines is 16. The number of nitro groups is 3. The summed E-state index contributed by atoms with van der Waals surface area (Å²) in [5, 5.41) is 79.3. The molecule has 8 aromatic carbocycles. The number of allylic oxidation sites excluding steroid dienone is 4. The second-order valence-corrected chi connectivity index (χ2v) is 32.1. The standard InChI is InChI=1S/C28H24Cl2N4O4.C27H23N5O5.C25H17Cl2N5O3.C25H18ClN5O3/c1-38-25-14-19(13-18(15-35)21(25)16-36)33-28-20(6-4-12-32-28)24(37)10-9-17-5-3-11-31-27(17)34-23-8-2-7-22(29)26(23)30;1-36-24-14-10-20(17-25(24)37-2)31-26-18(5-3-15-28-26)7-13-23(33)22-6-4-16-29-27(22)30-19-8-11-21(12-9-19)32(34)35;26-17-6-11-22(21(27)15-17)31-24-16(3-1-13-28-24)5-12-23(33)20-4-2-14-29-25(20)30-18-7-9-19(10-8-18)32(34)35;26-18-6-8-19(9-7-18)29-24-17(3-1-15-27-24)5-14-23(32)22-4-2-16-28-25(22)30-20-10-12-21(13-11-20)31(33)34/h2-14,35-36H,15-16H2,1H3,(H,31,34)(H,32,33);3-17H,1-2H3,(H,28,31)(H,29,30);1-15H,(H,28,31)(H,29,30);1-16H,(H,27,29)(H,28,30)/b10-9+;13-7+;12-5+;14-5+. The molecule has 0 aliphatic rings. The van der Waals surface area contributed by atoms with E-state index in [2.05, 4.69) is 82.4 Å². The number of nitrogens with zero attached hydrogens (tertiary/aromatic N) is 11. The van der Waals surface area contributed by atoms with Crippen LogP contribution in [0.5, 0.6) is 17.2 Å². The van der Waals surface area contributed by atoms with Crippen LogP contribution in [-0.4, -0.2) is 109 Å². The maximum Gasteiger partial charge on any atom is 0.269 e. The number of aromatic nitrogens is 8. The predicted molar refractivity (Wildman–Crippen MR) is 562 cm³/mol. The molecule has 0 fully saturated rings. The van der Waals surface area contributed by atoms with Crippen LogP contribution in [0.15, 0.2) is 335 Å². The summed E-state index contributed by atoms with van der Waals surface area (Å²) in [6.07, 6.45) is 25.2. The molecule has 16 aromatic rings. The molecule has 10 N–H and O–H groups in total. The molecule has 0 aliphatic heterocycles. The lowest BCUT2D eigenvalue weighted by Crippen LogP contribution is -2.05. The van der Waals surface area contributed by atoms with Crippen LogP contribution in [0.4, 0.5) is 109 Å². The van der Waals surface area contributed by atoms with Gasteiger partial charge in [-0.25, -0.2) is 39.9 Å². The van der Waals surface area contributed by atoms with Crippen LogP contribution in [0.25, 0.3) is 24.3 Å². The molecule has 0 atom stereocenters. The number of methoxy groups -OCH3 is 3. The Bertz CT molecular complexity index is 7460. The zero-order chi connectivity index (χ0) is 102. The number of hydrogen-bond acceptors (Lipinski definition) is 31. The third kappa shape index (κ3) is 28.6. The van der Waals surface area contributed by atoms with E-state index in [1.54, 1.807) is 270 Å². The molecule has 0 radical (unpaired) electrons. The fourth-order valence-electron chi connectivity index (χ4n) is 13.5. The Morgan fingerprint density at radius 3 is 0.972 bits per heavy atom. The van der Waals surface area contributed by atoms with E-state index in [-0.39, 0.29) is 53.4 Å². The summed E-state index contributed by atoms with van der Waals surface area (Å²) in [6.45, 7) is -0.577. The van der Waals surface area contributed by atoms with Gasteiger partial charge in [0.15, 0.2) is 34.6 Å². The van der Waals surface area contributed by atoms with Crippen molar-refractivity contribution in [2.45, 2.75) is 13.2 Å². The van der Waals surface area contributed by atoms with Crippen LogP contribution in [0, 0.1) is 30.3 Å². The summed E-state index contributed by atoms with van der Waals surface area (Å²) in [4.78, 5) is 118. The van der Waals surface area contributed by atoms with Crippen LogP contribution in [0.2, 0.25) is 25.1 Å². The highest BCUT2D eigenvalue weighted by Crippen LogP contribution is 2.38. The van der Waals surface area contributed by atoms with E-state index in [4.69, 9.17) is 72.2 Å². The molecular weight excluding hydrogens is 1940 g/mol. The minimum Gasteiger partial charge on any atom is -0.496 e. The van der Waals surface area contributed by atoms with Gasteiger partial charge >= 0.3 is 0 Å². The zero-order valence-electron chi connectivity index (χ0n) is 76.0. The number of carbonyl (C=O) groups excluding carboxylic acids is 4. The number of nitrogens with one attached hydrogen (secondary N) is 8. The van der Waals surface area contributed by atoms with Gasteiger partial charge < -0.3 is 67.0 Å². The molecular formula is C105H82Cl5N19O15. The van der Waals surface area contributed by atoms with Gasteiger partial charge in [0, 0.05) is 170 Å². The van der Waals surface area contributed by atoms with E-state index in [9.17, 15) is 59.7 Å². The van der Waals surface area contributed by atoms with Crippen molar-refractivity contribution in [2.24, 2.45) is 0 Å². The van der Waals surface area contributed by atoms with Crippen molar-refractivity contribution in [3.63, 3.8) is 0 Å². The minimum absolute atomic E-state index is 0.0229. The van der Waals surface area contributed by atoms with Crippen molar-refractivity contribution in [1.29, 1.82) is 0 Å². The van der Waals surface area contributed by atoms with Crippen LogP contribution in [-0.2, 0) is 13.2 Å². The molecule has 8 aromatic heterocycles. The second kappa shape index (κ2) is 51.0. The van der Waals surface area contributed by atoms with Gasteiger partial charge in [0.05, 0.1) is 98.0 Å². The normalized spacial score (nSPS) is 10.8. The Labute approximate surface area is 847 Å². The highest BCUT2D eigenvalue weighted by atomic mass is 35.5. The van der Waals surface area contributed by atoms with E-state index in [1.807, 2.05) is 42.5 Å². The SMILES string of the molecule is COc1cc(Nc2ncccc2C(=O)/C=C/c2cccnc2Nc2cccc(Cl)c2Cl)cc(CO)c1CO.COc1ccc(Nc2ncccc2/C=C/C(=O)c2cccnc2Nc2ccc([N+](=O)[O-])cc2)cc1OC.O=C(/C=C/c1cccnc1Nc1ccc(Cl)cc1)c1cccnc1Nc1ccc([N+](=O)[O-])cc1.O=C(/C=C/c1cccnc1Nc1ccc(Cl)cc1Cl)c1cccnc1Nc1ccc([N+](=O)[O-])cc1. The quantitative estimate of drug-likeness (QED) is 0.00754. The van der Waals surface area contributed by atoms with E-state index in [1.165, 1.54) is 67.8 Å². The summed E-state index contributed by atoms with van der Waals surface area (Å²) in [5.74, 6) is 3.92. The summed E-state index contributed by atoms with van der Waals surface area (Å²) in [7, 11) is 4.60. The average molecular weight is 2030 g/mol. The van der Waals surface area contributed by atoms with Gasteiger partial charge in [-0.1, -0.05) is 64.1 Å². The highest BCUT2D eigenvalue weighted by Gasteiger charge is 2.21. The first-order chi connectivity index (χ1) is 69.8. The van der Waals surface area contributed by atoms with E-state index < -0.39 is 14.8 Å². The fraction of sp³-hybridized carbons (Fsp3) is 0.0476.